The molecule has 2 aliphatic rings. The van der Waals surface area contributed by atoms with Gasteiger partial charge in [0.1, 0.15) is 0 Å². The Bertz CT molecular complexity index is 1260. The number of hydrogen-bond donors (Lipinski definition) is 2. The van der Waals surface area contributed by atoms with Crippen LogP contribution >= 0.6 is 23.2 Å². The largest absolute Gasteiger partial charge is 0.378 e. The molecule has 0 saturated carbocycles. The summed E-state index contributed by atoms with van der Waals surface area (Å²) in [5, 5.41) is 8.90. The fourth-order valence-electron chi connectivity index (χ4n) is 5.42. The number of fused-ring (bicyclic) bond motifs is 2. The molecular weight excluding hydrogens is 459 g/mol. The van der Waals surface area contributed by atoms with Crippen LogP contribution in [0, 0.1) is 0 Å². The van der Waals surface area contributed by atoms with Crippen molar-refractivity contribution in [1.29, 1.82) is 0 Å². The molecule has 2 N–H and O–H groups in total. The van der Waals surface area contributed by atoms with Gasteiger partial charge in [0.2, 0.25) is 0 Å². The highest BCUT2D eigenvalue weighted by molar-refractivity contribution is 6.31. The van der Waals surface area contributed by atoms with Gasteiger partial charge in [-0.05, 0) is 108 Å². The molecule has 0 spiro atoms. The van der Waals surface area contributed by atoms with Gasteiger partial charge in [0.05, 0.1) is 12.1 Å². The molecule has 0 heterocycles. The first-order chi connectivity index (χ1) is 16.6. The lowest BCUT2D eigenvalue weighted by molar-refractivity contribution is 0.762. The predicted octanol–water partition coefficient (Wildman–Crippen LogP) is 8.86. The minimum atomic E-state index is 0.306. The third kappa shape index (κ3) is 4.29. The van der Waals surface area contributed by atoms with Crippen molar-refractivity contribution in [2.24, 2.45) is 0 Å². The van der Waals surface area contributed by atoms with Gasteiger partial charge in [0.25, 0.3) is 0 Å². The van der Waals surface area contributed by atoms with Crippen LogP contribution in [0.2, 0.25) is 10.0 Å². The van der Waals surface area contributed by atoms with Gasteiger partial charge in [0.15, 0.2) is 0 Å². The molecule has 6 rings (SSSR count). The van der Waals surface area contributed by atoms with Crippen LogP contribution in [0.1, 0.15) is 47.2 Å². The van der Waals surface area contributed by atoms with Crippen LogP contribution in [0.3, 0.4) is 0 Å². The summed E-state index contributed by atoms with van der Waals surface area (Å²) < 4.78 is 0. The molecule has 0 saturated heterocycles. The van der Waals surface area contributed by atoms with Gasteiger partial charge < -0.3 is 10.6 Å². The van der Waals surface area contributed by atoms with E-state index in [0.717, 1.165) is 47.1 Å². The molecule has 0 bridgehead atoms. The fraction of sp³-hybridized carbons (Fsp3) is 0.200. The van der Waals surface area contributed by atoms with Crippen LogP contribution in [0.4, 0.5) is 11.4 Å². The van der Waals surface area contributed by atoms with E-state index in [2.05, 4.69) is 59.2 Å². The zero-order valence-electron chi connectivity index (χ0n) is 18.8. The van der Waals surface area contributed by atoms with E-state index < -0.39 is 0 Å². The van der Waals surface area contributed by atoms with Gasteiger partial charge in [-0.1, -0.05) is 59.6 Å². The summed E-state index contributed by atoms with van der Waals surface area (Å²) >= 11 is 12.4. The number of benzene rings is 4. The van der Waals surface area contributed by atoms with Gasteiger partial charge in [-0.25, -0.2) is 0 Å². The Morgan fingerprint density at radius 2 is 1.03 bits per heavy atom. The molecule has 2 aliphatic carbocycles. The maximum Gasteiger partial charge on any atom is 0.0519 e. The third-order valence-electron chi connectivity index (χ3n) is 7.11. The summed E-state index contributed by atoms with van der Waals surface area (Å²) in [4.78, 5) is 0. The lowest BCUT2D eigenvalue weighted by atomic mass is 9.96. The molecule has 0 fully saturated rings. The van der Waals surface area contributed by atoms with Crippen molar-refractivity contribution in [1.82, 2.24) is 0 Å². The summed E-state index contributed by atoms with van der Waals surface area (Å²) in [5.41, 5.74) is 10.4. The highest BCUT2D eigenvalue weighted by atomic mass is 35.5. The Kier molecular flexibility index (Phi) is 5.72. The maximum atomic E-state index is 6.20. The normalized spacial score (nSPS) is 18.4. The minimum absolute atomic E-state index is 0.306. The van der Waals surface area contributed by atoms with Crippen LogP contribution in [0.25, 0.3) is 11.1 Å². The molecule has 2 atom stereocenters. The zero-order valence-corrected chi connectivity index (χ0v) is 20.3. The smallest absolute Gasteiger partial charge is 0.0519 e. The fourth-order valence-corrected chi connectivity index (χ4v) is 5.80. The summed E-state index contributed by atoms with van der Waals surface area (Å²) in [6, 6.07) is 30.5. The lowest BCUT2D eigenvalue weighted by Gasteiger charge is -2.18. The molecule has 0 aliphatic heterocycles. The number of anilines is 2. The number of aryl methyl sites for hydroxylation is 2. The number of nitrogens with one attached hydrogen (secondary N) is 2. The number of rotatable bonds is 5. The molecule has 0 aromatic heterocycles. The molecule has 4 aromatic rings. The van der Waals surface area contributed by atoms with Crippen molar-refractivity contribution in [3.05, 3.63) is 117 Å². The van der Waals surface area contributed by atoms with E-state index in [1.165, 1.54) is 33.4 Å². The molecule has 2 nitrogen and oxygen atoms in total. The molecule has 4 heteroatoms. The van der Waals surface area contributed by atoms with Crippen molar-refractivity contribution >= 4 is 34.6 Å². The average Bonchev–Trinajstić information content (AvgIpc) is 3.42. The van der Waals surface area contributed by atoms with Crippen molar-refractivity contribution in [2.45, 2.75) is 37.8 Å². The number of hydrogen-bond acceptors (Lipinski definition) is 2. The van der Waals surface area contributed by atoms with Gasteiger partial charge in [0, 0.05) is 21.4 Å². The Morgan fingerprint density at radius 3 is 1.47 bits per heavy atom. The van der Waals surface area contributed by atoms with E-state index in [-0.39, 0.29) is 0 Å². The van der Waals surface area contributed by atoms with Gasteiger partial charge in [-0.2, -0.15) is 0 Å². The minimum Gasteiger partial charge on any atom is -0.378 e. The summed E-state index contributed by atoms with van der Waals surface area (Å²) in [7, 11) is 0. The van der Waals surface area contributed by atoms with Crippen LogP contribution in [-0.4, -0.2) is 0 Å². The molecular formula is C30H26Cl2N2. The second kappa shape index (κ2) is 9.02. The quantitative estimate of drug-likeness (QED) is 0.295. The van der Waals surface area contributed by atoms with Crippen molar-refractivity contribution in [3.63, 3.8) is 0 Å². The van der Waals surface area contributed by atoms with Crippen LogP contribution < -0.4 is 10.6 Å². The zero-order chi connectivity index (χ0) is 23.1. The average molecular weight is 485 g/mol. The molecule has 4 aromatic carbocycles. The topological polar surface area (TPSA) is 24.1 Å². The first-order valence-corrected chi connectivity index (χ1v) is 12.7. The van der Waals surface area contributed by atoms with E-state index >= 15 is 0 Å². The Labute approximate surface area is 210 Å². The first-order valence-electron chi connectivity index (χ1n) is 11.9. The van der Waals surface area contributed by atoms with E-state index in [9.17, 15) is 0 Å². The predicted molar refractivity (Wildman–Crippen MR) is 144 cm³/mol. The SMILES string of the molecule is Clc1cccc(NC2CCc3ccc(-c4ccc5c(c4)C(Nc4cccc(Cl)c4)CC5)cc32)c1. The highest BCUT2D eigenvalue weighted by Gasteiger charge is 2.25. The summed E-state index contributed by atoms with van der Waals surface area (Å²) in [6.45, 7) is 0. The Hall–Kier alpha value is -2.94. The van der Waals surface area contributed by atoms with Crippen LogP contribution in [0.5, 0.6) is 0 Å². The van der Waals surface area contributed by atoms with Gasteiger partial charge in [-0.3, -0.25) is 0 Å². The monoisotopic (exact) mass is 484 g/mol. The Balaban J connectivity index is 1.28. The molecule has 2 unspecified atom stereocenters. The van der Waals surface area contributed by atoms with Crippen molar-refractivity contribution in [2.75, 3.05) is 10.6 Å². The van der Waals surface area contributed by atoms with E-state index in [1.54, 1.807) is 0 Å². The van der Waals surface area contributed by atoms with Crippen molar-refractivity contribution < 1.29 is 0 Å². The van der Waals surface area contributed by atoms with Crippen molar-refractivity contribution in [3.8, 4) is 11.1 Å². The van der Waals surface area contributed by atoms with Gasteiger partial charge in [-0.15, -0.1) is 0 Å². The van der Waals surface area contributed by atoms with Crippen LogP contribution in [-0.2, 0) is 12.8 Å². The van der Waals surface area contributed by atoms with Crippen LogP contribution in [0.15, 0.2) is 84.9 Å². The molecule has 170 valence electrons. The molecule has 0 amide bonds. The number of halogens is 2. The highest BCUT2D eigenvalue weighted by Crippen LogP contribution is 2.40. The Morgan fingerprint density at radius 1 is 0.559 bits per heavy atom. The van der Waals surface area contributed by atoms with E-state index in [1.807, 2.05) is 36.4 Å². The van der Waals surface area contributed by atoms with E-state index in [0.29, 0.717) is 12.1 Å². The second-order valence-electron chi connectivity index (χ2n) is 9.32. The molecule has 34 heavy (non-hydrogen) atoms. The molecule has 0 radical (unpaired) electrons. The standard InChI is InChI=1S/C30H26Cl2N2/c31-23-3-1-5-25(17-23)33-29-13-11-19-7-9-21(15-27(19)29)22-10-8-20-12-14-30(28(20)16-22)34-26-6-2-4-24(32)18-26/h1-10,15-18,29-30,33-34H,11-14H2. The first kappa shape index (κ1) is 21.6. The van der Waals surface area contributed by atoms with Gasteiger partial charge >= 0.3 is 0 Å². The second-order valence-corrected chi connectivity index (χ2v) is 10.2. The maximum absolute atomic E-state index is 6.20. The summed E-state index contributed by atoms with van der Waals surface area (Å²) in [5.74, 6) is 0. The third-order valence-corrected chi connectivity index (χ3v) is 7.58. The van der Waals surface area contributed by atoms with E-state index in [4.69, 9.17) is 23.2 Å². The summed E-state index contributed by atoms with van der Waals surface area (Å²) in [6.07, 6.45) is 4.40. The lowest BCUT2D eigenvalue weighted by Crippen LogP contribution is -2.07.